The first-order valence-electron chi connectivity index (χ1n) is 6.33. The van der Waals surface area contributed by atoms with Gasteiger partial charge < -0.3 is 0 Å². The minimum atomic E-state index is -0.263. The van der Waals surface area contributed by atoms with Crippen LogP contribution in [0.4, 0.5) is 4.39 Å². The molecule has 0 aliphatic rings. The molecule has 1 unspecified atom stereocenters. The Morgan fingerprint density at radius 1 is 1.05 bits per heavy atom. The van der Waals surface area contributed by atoms with E-state index in [0.29, 0.717) is 17.3 Å². The van der Waals surface area contributed by atoms with E-state index in [2.05, 4.69) is 28.1 Å². The maximum Gasteiger partial charge on any atom is 0.123 e. The van der Waals surface area contributed by atoms with Crippen molar-refractivity contribution in [2.75, 3.05) is 5.88 Å². The van der Waals surface area contributed by atoms with Crippen molar-refractivity contribution in [3.05, 3.63) is 68.9 Å². The van der Waals surface area contributed by atoms with E-state index in [9.17, 15) is 4.39 Å². The van der Waals surface area contributed by atoms with E-state index in [1.165, 1.54) is 17.7 Å². The van der Waals surface area contributed by atoms with Gasteiger partial charge in [-0.15, -0.1) is 11.6 Å². The third kappa shape index (κ3) is 4.47. The molecule has 2 aromatic carbocycles. The van der Waals surface area contributed by atoms with Gasteiger partial charge in [-0.3, -0.25) is 0 Å². The van der Waals surface area contributed by atoms with E-state index in [4.69, 9.17) is 23.2 Å². The molecule has 0 bridgehead atoms. The average Bonchev–Trinajstić information content (AvgIpc) is 2.44. The van der Waals surface area contributed by atoms with E-state index in [1.54, 1.807) is 6.07 Å². The molecule has 1 atom stereocenters. The third-order valence-corrected chi connectivity index (χ3v) is 4.51. The zero-order valence-corrected chi connectivity index (χ0v) is 13.8. The second kappa shape index (κ2) is 7.44. The van der Waals surface area contributed by atoms with E-state index in [0.717, 1.165) is 16.5 Å². The Morgan fingerprint density at radius 2 is 1.75 bits per heavy atom. The largest absolute Gasteiger partial charge is 0.207 e. The molecule has 0 fully saturated rings. The van der Waals surface area contributed by atoms with Crippen molar-refractivity contribution in [3.63, 3.8) is 0 Å². The zero-order valence-electron chi connectivity index (χ0n) is 10.8. The number of hydrogen-bond donors (Lipinski definition) is 0. The summed E-state index contributed by atoms with van der Waals surface area (Å²) in [6, 6.07) is 12.6. The lowest BCUT2D eigenvalue weighted by Gasteiger charge is -2.15. The number of benzene rings is 2. The summed E-state index contributed by atoms with van der Waals surface area (Å²) in [5.74, 6) is 0.488. The molecule has 0 saturated heterocycles. The fourth-order valence-electron chi connectivity index (χ4n) is 2.15. The maximum absolute atomic E-state index is 13.3. The highest BCUT2D eigenvalue weighted by Crippen LogP contribution is 2.23. The highest BCUT2D eigenvalue weighted by atomic mass is 79.9. The molecule has 0 aromatic heterocycles. The highest BCUT2D eigenvalue weighted by molar-refractivity contribution is 9.10. The second-order valence-electron chi connectivity index (χ2n) is 4.79. The molecule has 0 aliphatic heterocycles. The van der Waals surface area contributed by atoms with Crippen LogP contribution in [-0.4, -0.2) is 5.88 Å². The molecule has 0 radical (unpaired) electrons. The van der Waals surface area contributed by atoms with Gasteiger partial charge in [0.2, 0.25) is 0 Å². The second-order valence-corrected chi connectivity index (χ2v) is 6.42. The number of alkyl halides is 1. The van der Waals surface area contributed by atoms with Crippen LogP contribution in [0.3, 0.4) is 0 Å². The summed E-state index contributed by atoms with van der Waals surface area (Å²) in [6.45, 7) is 0. The minimum absolute atomic E-state index is 0.233. The normalized spacial score (nSPS) is 12.4. The van der Waals surface area contributed by atoms with Gasteiger partial charge in [-0.25, -0.2) is 4.39 Å². The van der Waals surface area contributed by atoms with Crippen LogP contribution in [0, 0.1) is 11.7 Å². The summed E-state index contributed by atoms with van der Waals surface area (Å²) in [5, 5.41) is 0.595. The van der Waals surface area contributed by atoms with Gasteiger partial charge >= 0.3 is 0 Å². The van der Waals surface area contributed by atoms with E-state index in [1.807, 2.05) is 12.1 Å². The van der Waals surface area contributed by atoms with Gasteiger partial charge in [0.1, 0.15) is 5.82 Å². The molecular weight excluding hydrogens is 362 g/mol. The summed E-state index contributed by atoms with van der Waals surface area (Å²) in [4.78, 5) is 0. The number of hydrogen-bond acceptors (Lipinski definition) is 0. The third-order valence-electron chi connectivity index (χ3n) is 3.17. The van der Waals surface area contributed by atoms with Gasteiger partial charge in [-0.1, -0.05) is 39.7 Å². The molecule has 0 N–H and O–H groups in total. The molecule has 0 spiro atoms. The Hall–Kier alpha value is -0.570. The van der Waals surface area contributed by atoms with Gasteiger partial charge in [-0.05, 0) is 60.2 Å². The number of halogens is 4. The van der Waals surface area contributed by atoms with Crippen LogP contribution in [0.25, 0.3) is 0 Å². The molecule has 4 heteroatoms. The Bertz CT molecular complexity index is 569. The monoisotopic (exact) mass is 374 g/mol. The fourth-order valence-corrected chi connectivity index (χ4v) is 2.82. The van der Waals surface area contributed by atoms with Crippen molar-refractivity contribution in [2.45, 2.75) is 12.8 Å². The Morgan fingerprint density at radius 3 is 2.40 bits per heavy atom. The molecule has 106 valence electrons. The SMILES string of the molecule is Fc1ccc(Cl)c(CC(CCl)Cc2ccc(Br)cc2)c1. The predicted molar refractivity (Wildman–Crippen MR) is 87.2 cm³/mol. The van der Waals surface area contributed by atoms with Crippen LogP contribution < -0.4 is 0 Å². The molecule has 0 aliphatic carbocycles. The van der Waals surface area contributed by atoms with E-state index in [-0.39, 0.29) is 11.7 Å². The van der Waals surface area contributed by atoms with Crippen molar-refractivity contribution in [3.8, 4) is 0 Å². The van der Waals surface area contributed by atoms with Gasteiger partial charge in [0.25, 0.3) is 0 Å². The summed E-state index contributed by atoms with van der Waals surface area (Å²) >= 11 is 15.6. The Balaban J connectivity index is 2.08. The zero-order chi connectivity index (χ0) is 14.5. The van der Waals surface area contributed by atoms with Crippen molar-refractivity contribution in [1.82, 2.24) is 0 Å². The van der Waals surface area contributed by atoms with Crippen LogP contribution in [0.5, 0.6) is 0 Å². The fraction of sp³-hybridized carbons (Fsp3) is 0.250. The van der Waals surface area contributed by atoms with Crippen LogP contribution in [0.2, 0.25) is 5.02 Å². The lowest BCUT2D eigenvalue weighted by atomic mass is 9.94. The molecule has 20 heavy (non-hydrogen) atoms. The first-order chi connectivity index (χ1) is 9.58. The quantitative estimate of drug-likeness (QED) is 0.572. The van der Waals surface area contributed by atoms with Crippen LogP contribution >= 0.6 is 39.1 Å². The van der Waals surface area contributed by atoms with E-state index >= 15 is 0 Å². The molecular formula is C16H14BrCl2F. The van der Waals surface area contributed by atoms with Crippen LogP contribution in [-0.2, 0) is 12.8 Å². The predicted octanol–water partition coefficient (Wildman–Crippen LogP) is 5.88. The minimum Gasteiger partial charge on any atom is -0.207 e. The molecule has 0 saturated carbocycles. The Kier molecular flexibility index (Phi) is 5.88. The van der Waals surface area contributed by atoms with E-state index < -0.39 is 0 Å². The van der Waals surface area contributed by atoms with Gasteiger partial charge in [-0.2, -0.15) is 0 Å². The summed E-state index contributed by atoms with van der Waals surface area (Å²) < 4.78 is 14.3. The molecule has 0 heterocycles. The van der Waals surface area contributed by atoms with Gasteiger partial charge in [0.15, 0.2) is 0 Å². The van der Waals surface area contributed by atoms with Crippen molar-refractivity contribution < 1.29 is 4.39 Å². The Labute approximate surface area is 137 Å². The average molecular weight is 376 g/mol. The smallest absolute Gasteiger partial charge is 0.123 e. The lowest BCUT2D eigenvalue weighted by molar-refractivity contribution is 0.576. The summed E-state index contributed by atoms with van der Waals surface area (Å²) in [5.41, 5.74) is 2.03. The van der Waals surface area contributed by atoms with Crippen LogP contribution in [0.15, 0.2) is 46.9 Å². The standard InChI is InChI=1S/C16H14BrCl2F/c17-14-3-1-11(2-4-14)7-12(10-18)8-13-9-15(20)5-6-16(13)19/h1-6,9,12H,7-8,10H2. The van der Waals surface area contributed by atoms with Crippen LogP contribution in [0.1, 0.15) is 11.1 Å². The first-order valence-corrected chi connectivity index (χ1v) is 8.03. The van der Waals surface area contributed by atoms with Crippen molar-refractivity contribution in [1.29, 1.82) is 0 Å². The first kappa shape index (κ1) is 15.8. The lowest BCUT2D eigenvalue weighted by Crippen LogP contribution is -2.10. The summed E-state index contributed by atoms with van der Waals surface area (Å²) in [6.07, 6.45) is 1.53. The van der Waals surface area contributed by atoms with Crippen molar-refractivity contribution in [2.24, 2.45) is 5.92 Å². The topological polar surface area (TPSA) is 0 Å². The van der Waals surface area contributed by atoms with Gasteiger partial charge in [0, 0.05) is 15.4 Å². The van der Waals surface area contributed by atoms with Crippen molar-refractivity contribution >= 4 is 39.1 Å². The summed E-state index contributed by atoms with van der Waals surface area (Å²) in [7, 11) is 0. The molecule has 2 rings (SSSR count). The molecule has 2 aromatic rings. The molecule has 0 amide bonds. The maximum atomic E-state index is 13.3. The highest BCUT2D eigenvalue weighted by Gasteiger charge is 2.12. The number of rotatable bonds is 5. The molecule has 0 nitrogen and oxygen atoms in total. The van der Waals surface area contributed by atoms with Gasteiger partial charge in [0.05, 0.1) is 0 Å².